The Bertz CT molecular complexity index is 115. The molecule has 0 aliphatic carbocycles. The third-order valence-electron chi connectivity index (χ3n) is 0.543. The second-order valence-corrected chi connectivity index (χ2v) is 1.99. The Morgan fingerprint density at radius 1 is 1.57 bits per heavy atom. The van der Waals surface area contributed by atoms with Crippen LogP contribution in [0, 0.1) is 0 Å². The standard InChI is InChI=1S/C4H5NS.Na/c5-4-2-1-3-6-4;/h1-3H,5H2;. The van der Waals surface area contributed by atoms with E-state index in [1.807, 2.05) is 17.5 Å². The van der Waals surface area contributed by atoms with Crippen molar-refractivity contribution < 1.29 is 0 Å². The third-order valence-corrected chi connectivity index (χ3v) is 1.24. The maximum Gasteiger partial charge on any atom is 0.0856 e. The molecular weight excluding hydrogens is 117 g/mol. The van der Waals surface area contributed by atoms with Crippen LogP contribution in [0.5, 0.6) is 0 Å². The van der Waals surface area contributed by atoms with Crippen molar-refractivity contribution in [2.75, 3.05) is 5.73 Å². The molecule has 0 aromatic carbocycles. The first kappa shape index (κ1) is 7.50. The summed E-state index contributed by atoms with van der Waals surface area (Å²) < 4.78 is 0. The molecule has 2 N–H and O–H groups in total. The molecule has 1 nitrogen and oxygen atoms in total. The Morgan fingerprint density at radius 3 is 2.43 bits per heavy atom. The fraction of sp³-hybridized carbons (Fsp3) is 0. The van der Waals surface area contributed by atoms with E-state index in [4.69, 9.17) is 5.73 Å². The van der Waals surface area contributed by atoms with Gasteiger partial charge in [0.25, 0.3) is 0 Å². The van der Waals surface area contributed by atoms with E-state index in [1.54, 1.807) is 11.3 Å². The van der Waals surface area contributed by atoms with Crippen molar-refractivity contribution in [3.8, 4) is 0 Å². The van der Waals surface area contributed by atoms with E-state index >= 15 is 0 Å². The largest absolute Gasteiger partial charge is 0.391 e. The number of rotatable bonds is 0. The van der Waals surface area contributed by atoms with Gasteiger partial charge in [0.15, 0.2) is 0 Å². The Kier molecular flexibility index (Phi) is 3.75. The van der Waals surface area contributed by atoms with Crippen LogP contribution in [-0.2, 0) is 0 Å². The summed E-state index contributed by atoms with van der Waals surface area (Å²) in [5.74, 6) is 0. The van der Waals surface area contributed by atoms with Crippen molar-refractivity contribution in [1.82, 2.24) is 0 Å². The van der Waals surface area contributed by atoms with Crippen LogP contribution < -0.4 is 5.73 Å². The smallest absolute Gasteiger partial charge is 0.0856 e. The first-order valence-corrected chi connectivity index (χ1v) is 2.56. The molecule has 0 saturated heterocycles. The summed E-state index contributed by atoms with van der Waals surface area (Å²) in [6.07, 6.45) is 0. The van der Waals surface area contributed by atoms with Crippen molar-refractivity contribution in [2.45, 2.75) is 0 Å². The van der Waals surface area contributed by atoms with Gasteiger partial charge in [0.1, 0.15) is 0 Å². The molecule has 0 amide bonds. The fourth-order valence-electron chi connectivity index (χ4n) is 0.291. The molecule has 0 fully saturated rings. The third kappa shape index (κ3) is 2.34. The van der Waals surface area contributed by atoms with Crippen molar-refractivity contribution in [3.63, 3.8) is 0 Å². The molecule has 0 spiro atoms. The molecule has 0 unspecified atom stereocenters. The van der Waals surface area contributed by atoms with Gasteiger partial charge in [-0.15, -0.1) is 11.3 Å². The molecule has 33 valence electrons. The molecule has 1 aromatic rings. The van der Waals surface area contributed by atoms with Crippen LogP contribution in [0.2, 0.25) is 0 Å². The van der Waals surface area contributed by atoms with Crippen LogP contribution in [0.4, 0.5) is 5.00 Å². The van der Waals surface area contributed by atoms with Gasteiger partial charge in [-0.25, -0.2) is 0 Å². The molecule has 1 radical (unpaired) electrons. The second-order valence-electron chi connectivity index (χ2n) is 1.02. The zero-order valence-electron chi connectivity index (χ0n) is 4.22. The zero-order chi connectivity index (χ0) is 4.41. The summed E-state index contributed by atoms with van der Waals surface area (Å²) in [4.78, 5) is 0. The van der Waals surface area contributed by atoms with Crippen molar-refractivity contribution in [1.29, 1.82) is 0 Å². The number of hydrogen-bond acceptors (Lipinski definition) is 2. The van der Waals surface area contributed by atoms with Gasteiger partial charge in [-0.05, 0) is 17.5 Å². The van der Waals surface area contributed by atoms with Crippen LogP contribution in [0.1, 0.15) is 0 Å². The summed E-state index contributed by atoms with van der Waals surface area (Å²) in [6, 6.07) is 3.81. The first-order valence-electron chi connectivity index (χ1n) is 1.68. The van der Waals surface area contributed by atoms with E-state index in [2.05, 4.69) is 0 Å². The van der Waals surface area contributed by atoms with Gasteiger partial charge in [-0.2, -0.15) is 0 Å². The minimum atomic E-state index is 0. The van der Waals surface area contributed by atoms with Gasteiger partial charge >= 0.3 is 0 Å². The van der Waals surface area contributed by atoms with Gasteiger partial charge in [0.2, 0.25) is 0 Å². The average molecular weight is 122 g/mol. The quantitative estimate of drug-likeness (QED) is 0.509. The van der Waals surface area contributed by atoms with Crippen molar-refractivity contribution in [2.24, 2.45) is 0 Å². The Labute approximate surface area is 68.8 Å². The van der Waals surface area contributed by atoms with Gasteiger partial charge in [0, 0.05) is 29.6 Å². The van der Waals surface area contributed by atoms with Crippen LogP contribution >= 0.6 is 11.3 Å². The van der Waals surface area contributed by atoms with Gasteiger partial charge in [-0.3, -0.25) is 0 Å². The van der Waals surface area contributed by atoms with Crippen molar-refractivity contribution in [3.05, 3.63) is 17.5 Å². The van der Waals surface area contributed by atoms with Crippen LogP contribution in [-0.4, -0.2) is 29.6 Å². The van der Waals surface area contributed by atoms with Crippen LogP contribution in [0.15, 0.2) is 17.5 Å². The van der Waals surface area contributed by atoms with E-state index in [9.17, 15) is 0 Å². The molecular formula is C4H5NNaS. The van der Waals surface area contributed by atoms with E-state index in [0.717, 1.165) is 5.00 Å². The predicted octanol–water partition coefficient (Wildman–Crippen LogP) is 0.950. The predicted molar refractivity (Wildman–Crippen MR) is 34.5 cm³/mol. The number of nitrogen functional groups attached to an aromatic ring is 1. The second kappa shape index (κ2) is 3.50. The molecule has 7 heavy (non-hydrogen) atoms. The van der Waals surface area contributed by atoms with Gasteiger partial charge in [-0.1, -0.05) is 0 Å². The van der Waals surface area contributed by atoms with Gasteiger partial charge < -0.3 is 5.73 Å². The Morgan fingerprint density at radius 2 is 2.29 bits per heavy atom. The van der Waals surface area contributed by atoms with E-state index < -0.39 is 0 Å². The number of nitrogens with two attached hydrogens (primary N) is 1. The van der Waals surface area contributed by atoms with E-state index in [0.29, 0.717) is 0 Å². The number of anilines is 1. The monoisotopic (exact) mass is 122 g/mol. The van der Waals surface area contributed by atoms with Crippen LogP contribution in [0.25, 0.3) is 0 Å². The molecule has 0 atom stereocenters. The molecule has 0 bridgehead atoms. The number of thiophene rings is 1. The summed E-state index contributed by atoms with van der Waals surface area (Å²) >= 11 is 1.56. The molecule has 0 saturated carbocycles. The normalized spacial score (nSPS) is 7.43. The van der Waals surface area contributed by atoms with Gasteiger partial charge in [0.05, 0.1) is 5.00 Å². The summed E-state index contributed by atoms with van der Waals surface area (Å²) in [5, 5.41) is 2.84. The maximum atomic E-state index is 5.30. The zero-order valence-corrected chi connectivity index (χ0v) is 7.03. The minimum absolute atomic E-state index is 0. The molecule has 3 heteroatoms. The summed E-state index contributed by atoms with van der Waals surface area (Å²) in [6.45, 7) is 0. The maximum absolute atomic E-state index is 5.30. The average Bonchev–Trinajstić information content (AvgIpc) is 1.86. The Balaban J connectivity index is 0.000000360. The summed E-state index contributed by atoms with van der Waals surface area (Å²) in [5.41, 5.74) is 5.30. The van der Waals surface area contributed by atoms with E-state index in [1.165, 1.54) is 0 Å². The minimum Gasteiger partial charge on any atom is -0.391 e. The SMILES string of the molecule is Nc1cccs1.[Na]. The molecule has 0 aliphatic rings. The van der Waals surface area contributed by atoms with Crippen LogP contribution in [0.3, 0.4) is 0 Å². The Hall–Kier alpha value is 0.500. The first-order chi connectivity index (χ1) is 2.89. The summed E-state index contributed by atoms with van der Waals surface area (Å²) in [7, 11) is 0. The number of hydrogen-bond donors (Lipinski definition) is 1. The molecule has 1 heterocycles. The fourth-order valence-corrected chi connectivity index (χ4v) is 0.763. The van der Waals surface area contributed by atoms with E-state index in [-0.39, 0.29) is 29.6 Å². The molecule has 1 rings (SSSR count). The molecule has 1 aromatic heterocycles. The molecule has 0 aliphatic heterocycles. The topological polar surface area (TPSA) is 26.0 Å². The van der Waals surface area contributed by atoms with Crippen molar-refractivity contribution >= 4 is 45.9 Å².